The molecule has 4 aromatic rings. The average Bonchev–Trinajstić information content (AvgIpc) is 3.25. The van der Waals surface area contributed by atoms with E-state index in [-0.39, 0.29) is 23.7 Å². The number of anilines is 1. The fraction of sp³-hybridized carbons (Fsp3) is 0.250. The number of fused-ring (bicyclic) bond motifs is 4. The Bertz CT molecular complexity index is 1890. The number of hydrogen-bond acceptors (Lipinski definition) is 3. The molecule has 236 valence electrons. The minimum absolute atomic E-state index is 0.0558. The van der Waals surface area contributed by atoms with Crippen molar-refractivity contribution in [1.82, 2.24) is 0 Å². The summed E-state index contributed by atoms with van der Waals surface area (Å²) in [4.78, 5) is 25.0. The van der Waals surface area contributed by atoms with E-state index in [4.69, 9.17) is 0 Å². The van der Waals surface area contributed by atoms with Crippen molar-refractivity contribution in [3.63, 3.8) is 0 Å². The number of nitrogens with zero attached hydrogens (tertiary/aromatic N) is 1. The van der Waals surface area contributed by atoms with E-state index >= 15 is 0 Å². The van der Waals surface area contributed by atoms with Crippen LogP contribution in [0.2, 0.25) is 0 Å². The molecule has 0 saturated carbocycles. The van der Waals surface area contributed by atoms with Crippen LogP contribution < -0.4 is 10.2 Å². The van der Waals surface area contributed by atoms with Crippen LogP contribution in [0.4, 0.5) is 11.4 Å². The van der Waals surface area contributed by atoms with E-state index in [1.54, 1.807) is 0 Å². The largest absolute Gasteiger partial charge is 0.481 e. The fourth-order valence-corrected chi connectivity index (χ4v) is 6.77. The number of carbonyl (C=O) groups is 2. The van der Waals surface area contributed by atoms with Crippen molar-refractivity contribution in [3.8, 4) is 0 Å². The highest BCUT2D eigenvalue weighted by molar-refractivity contribution is 5.95. The third-order valence-corrected chi connectivity index (χ3v) is 8.99. The standard InChI is InChI=1S/C40H42N2O4/c1-39(2,25-23-35(43)44)37-30-16-11-9-14-28(30)19-21-32(37)41-26-13-7-5-6-8-18-34-40(3,4)38-31-17-12-10-15-29(31)20-22-33(38)42(34)27-24-36(45)46/h5-22,26,41H,23-25,27H2,1-4H3,(H,43,44)(H,45,46)/p+1/b7-5+,8-6+,26-13+,34-18+. The van der Waals surface area contributed by atoms with E-state index in [1.807, 2.05) is 54.8 Å². The summed E-state index contributed by atoms with van der Waals surface area (Å²) in [5.74, 6) is -1.59. The van der Waals surface area contributed by atoms with Crippen molar-refractivity contribution in [2.24, 2.45) is 0 Å². The monoisotopic (exact) mass is 615 g/mol. The van der Waals surface area contributed by atoms with Gasteiger partial charge in [-0.05, 0) is 63.2 Å². The number of allylic oxidation sites excluding steroid dienone is 7. The summed E-state index contributed by atoms with van der Waals surface area (Å²) < 4.78 is 0. The predicted octanol–water partition coefficient (Wildman–Crippen LogP) is 8.11. The van der Waals surface area contributed by atoms with Crippen molar-refractivity contribution >= 4 is 44.9 Å². The zero-order valence-corrected chi connectivity index (χ0v) is 27.0. The van der Waals surface area contributed by atoms with Gasteiger partial charge in [0.25, 0.3) is 0 Å². The van der Waals surface area contributed by atoms with Gasteiger partial charge in [0.15, 0.2) is 0 Å². The summed E-state index contributed by atoms with van der Waals surface area (Å²) in [6.45, 7) is 9.05. The van der Waals surface area contributed by atoms with Crippen molar-refractivity contribution < 1.29 is 25.1 Å². The van der Waals surface area contributed by atoms with Crippen molar-refractivity contribution in [1.29, 1.82) is 0 Å². The lowest BCUT2D eigenvalue weighted by atomic mass is 9.77. The summed E-state index contributed by atoms with van der Waals surface area (Å²) in [5, 5.41) is 25.5. The van der Waals surface area contributed by atoms with Gasteiger partial charge in [0.2, 0.25) is 0 Å². The molecule has 0 fully saturated rings. The molecule has 6 nitrogen and oxygen atoms in total. The van der Waals surface area contributed by atoms with E-state index in [2.05, 4.69) is 98.6 Å². The Balaban J connectivity index is 1.34. The highest BCUT2D eigenvalue weighted by Gasteiger charge is 2.41. The van der Waals surface area contributed by atoms with E-state index in [9.17, 15) is 19.8 Å². The van der Waals surface area contributed by atoms with Crippen LogP contribution in [0.3, 0.4) is 0 Å². The Morgan fingerprint density at radius 1 is 0.783 bits per heavy atom. The maximum atomic E-state index is 11.5. The molecule has 0 unspecified atom stereocenters. The summed E-state index contributed by atoms with van der Waals surface area (Å²) >= 11 is 0. The molecule has 4 aromatic carbocycles. The molecule has 0 aliphatic carbocycles. The molecule has 1 aliphatic heterocycles. The van der Waals surface area contributed by atoms with E-state index in [0.29, 0.717) is 13.0 Å². The van der Waals surface area contributed by atoms with Gasteiger partial charge in [-0.15, -0.1) is 0 Å². The molecule has 0 spiro atoms. The molecule has 1 heterocycles. The van der Waals surface area contributed by atoms with Gasteiger partial charge < -0.3 is 15.1 Å². The number of hydrogen-bond donors (Lipinski definition) is 3. The molecule has 0 aromatic heterocycles. The molecule has 0 bridgehead atoms. The highest BCUT2D eigenvalue weighted by Crippen LogP contribution is 2.50. The first-order valence-electron chi connectivity index (χ1n) is 15.8. The lowest BCUT2D eigenvalue weighted by molar-refractivity contribution is -0.497. The lowest BCUT2D eigenvalue weighted by Crippen LogP contribution is -2.71. The van der Waals surface area contributed by atoms with Crippen LogP contribution in [-0.4, -0.2) is 28.7 Å². The molecule has 0 amide bonds. The van der Waals surface area contributed by atoms with Crippen LogP contribution in [-0.2, 0) is 20.4 Å². The van der Waals surface area contributed by atoms with Gasteiger partial charge in [-0.1, -0.05) is 107 Å². The molecule has 1 aliphatic rings. The second kappa shape index (κ2) is 13.6. The summed E-state index contributed by atoms with van der Waals surface area (Å²) in [5.41, 5.74) is 4.99. The summed E-state index contributed by atoms with van der Waals surface area (Å²) in [6, 6.07) is 25.1. The topological polar surface area (TPSA) is 94.5 Å². The van der Waals surface area contributed by atoms with Crippen LogP contribution in [0, 0.1) is 0 Å². The van der Waals surface area contributed by atoms with Gasteiger partial charge in [0.1, 0.15) is 5.69 Å². The average molecular weight is 616 g/mol. The van der Waals surface area contributed by atoms with Crippen LogP contribution >= 0.6 is 0 Å². The second-order valence-corrected chi connectivity index (χ2v) is 13.0. The Morgan fingerprint density at radius 2 is 1.39 bits per heavy atom. The molecule has 46 heavy (non-hydrogen) atoms. The number of nitrogens with two attached hydrogens (primary N) is 1. The maximum absolute atomic E-state index is 11.5. The predicted molar refractivity (Wildman–Crippen MR) is 188 cm³/mol. The Labute approximate surface area is 271 Å². The molecule has 0 radical (unpaired) electrons. The van der Waals surface area contributed by atoms with Crippen LogP contribution in [0.15, 0.2) is 121 Å². The minimum Gasteiger partial charge on any atom is -0.481 e. The fourth-order valence-electron chi connectivity index (χ4n) is 6.77. The number of carboxylic acids is 2. The van der Waals surface area contributed by atoms with E-state index in [0.717, 1.165) is 33.4 Å². The van der Waals surface area contributed by atoms with Crippen molar-refractivity contribution in [2.45, 2.75) is 57.8 Å². The summed E-state index contributed by atoms with van der Waals surface area (Å²) in [6.07, 6.45) is 14.8. The molecule has 6 heteroatoms. The SMILES string of the molecule is CC(C)(CCC(=O)O)c1c([NH2+]/C=C/C=C/C=C/C=C2/N(CCC(=O)O)c3ccc4ccccc4c3C2(C)C)ccc2ccccc12. The number of quaternary nitrogens is 1. The Hall–Kier alpha value is -4.94. The van der Waals surface area contributed by atoms with Gasteiger partial charge in [-0.25, -0.2) is 0 Å². The molecule has 4 N–H and O–H groups in total. The summed E-state index contributed by atoms with van der Waals surface area (Å²) in [7, 11) is 0. The van der Waals surface area contributed by atoms with Gasteiger partial charge in [-0.3, -0.25) is 14.9 Å². The van der Waals surface area contributed by atoms with Crippen LogP contribution in [0.5, 0.6) is 0 Å². The maximum Gasteiger partial charge on any atom is 0.305 e. The first kappa shape index (κ1) is 32.5. The van der Waals surface area contributed by atoms with Crippen molar-refractivity contribution in [2.75, 3.05) is 11.4 Å². The molecule has 0 saturated heterocycles. The third kappa shape index (κ3) is 6.82. The van der Waals surface area contributed by atoms with Gasteiger partial charge in [0.05, 0.1) is 12.6 Å². The first-order valence-corrected chi connectivity index (χ1v) is 15.8. The normalized spacial score (nSPS) is 15.7. The molecular formula is C40H43N2O4+. The molecule has 5 rings (SSSR count). The Morgan fingerprint density at radius 3 is 2.11 bits per heavy atom. The van der Waals surface area contributed by atoms with E-state index < -0.39 is 11.9 Å². The van der Waals surface area contributed by atoms with E-state index in [1.165, 1.54) is 16.3 Å². The van der Waals surface area contributed by atoms with Gasteiger partial charge in [0, 0.05) is 41.4 Å². The quantitative estimate of drug-likeness (QED) is 0.111. The highest BCUT2D eigenvalue weighted by atomic mass is 16.4. The number of aliphatic carboxylic acids is 2. The molecular weight excluding hydrogens is 572 g/mol. The first-order chi connectivity index (χ1) is 22.0. The lowest BCUT2D eigenvalue weighted by Gasteiger charge is -2.27. The third-order valence-electron chi connectivity index (χ3n) is 8.99. The number of benzene rings is 4. The Kier molecular flexibility index (Phi) is 9.59. The zero-order chi connectivity index (χ0) is 32.9. The van der Waals surface area contributed by atoms with Gasteiger partial charge >= 0.3 is 11.9 Å². The number of carboxylic acid groups (broad SMARTS) is 2. The van der Waals surface area contributed by atoms with Crippen LogP contribution in [0.25, 0.3) is 21.5 Å². The molecule has 0 atom stereocenters. The van der Waals surface area contributed by atoms with Crippen molar-refractivity contribution in [3.05, 3.63) is 132 Å². The minimum atomic E-state index is -0.812. The second-order valence-electron chi connectivity index (χ2n) is 13.0. The zero-order valence-electron chi connectivity index (χ0n) is 27.0. The van der Waals surface area contributed by atoms with Crippen LogP contribution in [0.1, 0.15) is 58.1 Å². The number of rotatable bonds is 12. The van der Waals surface area contributed by atoms with Gasteiger partial charge in [-0.2, -0.15) is 0 Å². The smallest absolute Gasteiger partial charge is 0.305 e.